The highest BCUT2D eigenvalue weighted by atomic mass is 19.2. The van der Waals surface area contributed by atoms with Crippen LogP contribution >= 0.6 is 0 Å². The highest BCUT2D eigenvalue weighted by molar-refractivity contribution is 5.79. The van der Waals surface area contributed by atoms with Gasteiger partial charge in [0.15, 0.2) is 11.6 Å². The van der Waals surface area contributed by atoms with Gasteiger partial charge in [0.1, 0.15) is 0 Å². The largest absolute Gasteiger partial charge is 0.481 e. The summed E-state index contributed by atoms with van der Waals surface area (Å²) < 4.78 is 27.1. The second kappa shape index (κ2) is 10.5. The molecule has 1 aromatic carbocycles. The molecule has 2 rings (SSSR count). The van der Waals surface area contributed by atoms with Crippen LogP contribution in [-0.4, -0.2) is 53.0 Å². The number of rotatable bonds is 10. The predicted molar refractivity (Wildman–Crippen MR) is 103 cm³/mol. The van der Waals surface area contributed by atoms with Gasteiger partial charge in [-0.3, -0.25) is 14.5 Å². The van der Waals surface area contributed by atoms with Crippen molar-refractivity contribution in [2.75, 3.05) is 26.2 Å². The summed E-state index contributed by atoms with van der Waals surface area (Å²) in [5.74, 6) is -3.76. The average molecular weight is 396 g/mol. The van der Waals surface area contributed by atoms with Crippen LogP contribution in [0.2, 0.25) is 0 Å². The van der Waals surface area contributed by atoms with Crippen LogP contribution in [0.1, 0.15) is 57.6 Å². The van der Waals surface area contributed by atoms with Crippen LogP contribution in [0.15, 0.2) is 18.2 Å². The number of carbonyl (C=O) groups is 2. The first-order valence-corrected chi connectivity index (χ1v) is 10.1. The van der Waals surface area contributed by atoms with E-state index in [0.717, 1.165) is 37.8 Å². The average Bonchev–Trinajstić information content (AvgIpc) is 3.07. The molecular weight excluding hydrogens is 366 g/mol. The van der Waals surface area contributed by atoms with Crippen LogP contribution in [-0.2, 0) is 9.59 Å². The zero-order chi connectivity index (χ0) is 20.7. The van der Waals surface area contributed by atoms with Gasteiger partial charge in [-0.1, -0.05) is 32.8 Å². The van der Waals surface area contributed by atoms with Crippen molar-refractivity contribution >= 4 is 11.9 Å². The Labute approximate surface area is 165 Å². The molecule has 7 heteroatoms. The van der Waals surface area contributed by atoms with E-state index in [1.165, 1.54) is 6.07 Å². The molecule has 0 aliphatic carbocycles. The zero-order valence-electron chi connectivity index (χ0n) is 16.7. The number of nitrogens with zero attached hydrogens (tertiary/aromatic N) is 2. The number of carbonyl (C=O) groups excluding carboxylic acids is 1. The molecule has 2 atom stereocenters. The van der Waals surface area contributed by atoms with Gasteiger partial charge in [-0.05, 0) is 37.0 Å². The molecule has 1 N–H and O–H groups in total. The van der Waals surface area contributed by atoms with Gasteiger partial charge in [-0.25, -0.2) is 8.78 Å². The van der Waals surface area contributed by atoms with Crippen molar-refractivity contribution in [2.45, 2.75) is 52.0 Å². The van der Waals surface area contributed by atoms with Crippen LogP contribution in [0.3, 0.4) is 0 Å². The van der Waals surface area contributed by atoms with E-state index < -0.39 is 29.6 Å². The quantitative estimate of drug-likeness (QED) is 0.653. The molecule has 0 saturated carbocycles. The molecule has 1 aliphatic rings. The van der Waals surface area contributed by atoms with Crippen molar-refractivity contribution < 1.29 is 23.5 Å². The second-order valence-corrected chi connectivity index (χ2v) is 7.41. The van der Waals surface area contributed by atoms with E-state index in [-0.39, 0.29) is 12.5 Å². The van der Waals surface area contributed by atoms with E-state index in [0.29, 0.717) is 31.6 Å². The normalized spacial score (nSPS) is 19.7. The fraction of sp³-hybridized carbons (Fsp3) is 0.619. The number of carboxylic acids is 1. The first-order valence-electron chi connectivity index (χ1n) is 10.1. The van der Waals surface area contributed by atoms with Crippen molar-refractivity contribution in [3.63, 3.8) is 0 Å². The number of unbranched alkanes of at least 4 members (excludes halogenated alkanes) is 2. The maximum absolute atomic E-state index is 13.7. The smallest absolute Gasteiger partial charge is 0.308 e. The summed E-state index contributed by atoms with van der Waals surface area (Å²) in [6, 6.07) is 2.82. The number of hydrogen-bond donors (Lipinski definition) is 1. The Hall–Kier alpha value is -2.02. The SMILES string of the molecule is CCCCN(CCCC)C(=O)CN1CCC(C(=O)O)C1c1ccc(F)c(F)c1. The summed E-state index contributed by atoms with van der Waals surface area (Å²) in [6.45, 7) is 6.02. The van der Waals surface area contributed by atoms with Gasteiger partial charge < -0.3 is 10.0 Å². The first-order chi connectivity index (χ1) is 13.4. The lowest BCUT2D eigenvalue weighted by molar-refractivity contribution is -0.143. The third-order valence-corrected chi connectivity index (χ3v) is 5.36. The van der Waals surface area contributed by atoms with E-state index in [4.69, 9.17) is 0 Å². The lowest BCUT2D eigenvalue weighted by Gasteiger charge is -2.30. The number of carboxylic acid groups (broad SMARTS) is 1. The van der Waals surface area contributed by atoms with E-state index in [1.54, 1.807) is 4.90 Å². The van der Waals surface area contributed by atoms with E-state index >= 15 is 0 Å². The lowest BCUT2D eigenvalue weighted by Crippen LogP contribution is -2.42. The first kappa shape index (κ1) is 22.3. The van der Waals surface area contributed by atoms with Crippen LogP contribution in [0.5, 0.6) is 0 Å². The highest BCUT2D eigenvalue weighted by Gasteiger charge is 2.41. The molecule has 1 heterocycles. The number of amides is 1. The van der Waals surface area contributed by atoms with E-state index in [2.05, 4.69) is 13.8 Å². The molecule has 2 unspecified atom stereocenters. The topological polar surface area (TPSA) is 60.9 Å². The standard InChI is InChI=1S/C21H30F2N2O3/c1-3-5-10-24(11-6-4-2)19(26)14-25-12-9-16(21(27)28)20(25)15-7-8-17(22)18(23)13-15/h7-8,13,16,20H,3-6,9-12,14H2,1-2H3,(H,27,28). The van der Waals surface area contributed by atoms with Gasteiger partial charge in [-0.15, -0.1) is 0 Å². The fourth-order valence-corrected chi connectivity index (χ4v) is 3.76. The lowest BCUT2D eigenvalue weighted by atomic mass is 9.93. The molecule has 0 radical (unpaired) electrons. The zero-order valence-corrected chi connectivity index (χ0v) is 16.7. The van der Waals surface area contributed by atoms with Crippen LogP contribution in [0.4, 0.5) is 8.78 Å². The molecule has 0 spiro atoms. The van der Waals surface area contributed by atoms with Crippen molar-refractivity contribution in [1.82, 2.24) is 9.80 Å². The fourth-order valence-electron chi connectivity index (χ4n) is 3.76. The van der Waals surface area contributed by atoms with Crippen LogP contribution < -0.4 is 0 Å². The van der Waals surface area contributed by atoms with Gasteiger partial charge >= 0.3 is 5.97 Å². The van der Waals surface area contributed by atoms with E-state index in [9.17, 15) is 23.5 Å². The molecule has 1 aromatic rings. The Morgan fingerprint density at radius 1 is 1.14 bits per heavy atom. The number of likely N-dealkylation sites (tertiary alicyclic amines) is 1. The van der Waals surface area contributed by atoms with Gasteiger partial charge in [0, 0.05) is 25.7 Å². The Morgan fingerprint density at radius 2 is 1.79 bits per heavy atom. The minimum Gasteiger partial charge on any atom is -0.481 e. The minimum atomic E-state index is -1.01. The molecule has 1 fully saturated rings. The third kappa shape index (κ3) is 5.50. The third-order valence-electron chi connectivity index (χ3n) is 5.36. The molecule has 28 heavy (non-hydrogen) atoms. The number of hydrogen-bond acceptors (Lipinski definition) is 3. The van der Waals surface area contributed by atoms with Gasteiger partial charge in [-0.2, -0.15) is 0 Å². The molecular formula is C21H30F2N2O3. The second-order valence-electron chi connectivity index (χ2n) is 7.41. The molecule has 5 nitrogen and oxygen atoms in total. The minimum absolute atomic E-state index is 0.0412. The Kier molecular flexibility index (Phi) is 8.35. The highest BCUT2D eigenvalue weighted by Crippen LogP contribution is 2.37. The number of aliphatic carboxylic acids is 1. The number of halogens is 2. The van der Waals surface area contributed by atoms with Gasteiger partial charge in [0.25, 0.3) is 0 Å². The van der Waals surface area contributed by atoms with Crippen molar-refractivity contribution in [3.8, 4) is 0 Å². The van der Waals surface area contributed by atoms with Crippen LogP contribution in [0.25, 0.3) is 0 Å². The molecule has 1 saturated heterocycles. The van der Waals surface area contributed by atoms with E-state index in [1.807, 2.05) is 4.90 Å². The molecule has 156 valence electrons. The summed E-state index contributed by atoms with van der Waals surface area (Å²) in [5, 5.41) is 9.57. The molecule has 0 aromatic heterocycles. The van der Waals surface area contributed by atoms with Gasteiger partial charge in [0.05, 0.1) is 12.5 Å². The Morgan fingerprint density at radius 3 is 2.32 bits per heavy atom. The maximum Gasteiger partial charge on any atom is 0.308 e. The molecule has 1 aliphatic heterocycles. The summed E-state index contributed by atoms with van der Waals surface area (Å²) in [5.41, 5.74) is 0.394. The van der Waals surface area contributed by atoms with Crippen molar-refractivity contribution in [2.24, 2.45) is 5.92 Å². The monoisotopic (exact) mass is 396 g/mol. The summed E-state index contributed by atoms with van der Waals surface area (Å²) in [6.07, 6.45) is 4.17. The summed E-state index contributed by atoms with van der Waals surface area (Å²) in [7, 11) is 0. The molecule has 1 amide bonds. The Balaban J connectivity index is 2.19. The van der Waals surface area contributed by atoms with Gasteiger partial charge in [0.2, 0.25) is 5.91 Å². The molecule has 0 bridgehead atoms. The summed E-state index contributed by atoms with van der Waals surface area (Å²) >= 11 is 0. The maximum atomic E-state index is 13.7. The Bertz CT molecular complexity index is 676. The van der Waals surface area contributed by atoms with Crippen molar-refractivity contribution in [3.05, 3.63) is 35.4 Å². The predicted octanol–water partition coefficient (Wildman–Crippen LogP) is 3.84. The van der Waals surface area contributed by atoms with Crippen molar-refractivity contribution in [1.29, 1.82) is 0 Å². The number of benzene rings is 1. The summed E-state index contributed by atoms with van der Waals surface area (Å²) in [4.78, 5) is 28.2. The van der Waals surface area contributed by atoms with Crippen LogP contribution in [0, 0.1) is 17.6 Å².